The summed E-state index contributed by atoms with van der Waals surface area (Å²) < 4.78 is 29.6. The number of nitriles is 1. The van der Waals surface area contributed by atoms with Crippen LogP contribution in [0.4, 0.5) is 10.2 Å². The molecule has 4 aromatic rings. The lowest BCUT2D eigenvalue weighted by Gasteiger charge is -2.11. The lowest BCUT2D eigenvalue weighted by atomic mass is 10.1. The highest BCUT2D eigenvalue weighted by molar-refractivity contribution is 5.73. The Balaban J connectivity index is 1.32. The van der Waals surface area contributed by atoms with Gasteiger partial charge in [0.25, 0.3) is 0 Å². The molecule has 0 spiro atoms. The number of hydrogen-bond donors (Lipinski definition) is 1. The van der Waals surface area contributed by atoms with Gasteiger partial charge in [-0.05, 0) is 44.0 Å². The van der Waals surface area contributed by atoms with Crippen molar-refractivity contribution in [1.82, 2.24) is 19.3 Å². The third-order valence-corrected chi connectivity index (χ3v) is 6.64. The first-order valence-corrected chi connectivity index (χ1v) is 11.9. The molecule has 1 saturated carbocycles. The molecule has 184 valence electrons. The van der Waals surface area contributed by atoms with E-state index in [0.717, 1.165) is 42.8 Å². The lowest BCUT2D eigenvalue weighted by molar-refractivity contribution is 0.293. The number of halogens is 1. The molecule has 0 aliphatic heterocycles. The van der Waals surface area contributed by atoms with Gasteiger partial charge in [0.1, 0.15) is 58.6 Å². The van der Waals surface area contributed by atoms with Crippen molar-refractivity contribution >= 4 is 5.82 Å². The largest absolute Gasteiger partial charge is 0.487 e. The summed E-state index contributed by atoms with van der Waals surface area (Å²) in [4.78, 5) is 4.24. The lowest BCUT2D eigenvalue weighted by Crippen LogP contribution is -2.10. The van der Waals surface area contributed by atoms with Gasteiger partial charge in [0, 0.05) is 30.8 Å². The predicted octanol–water partition coefficient (Wildman–Crippen LogP) is 5.67. The summed E-state index contributed by atoms with van der Waals surface area (Å²) in [5.74, 6) is 1.99. The van der Waals surface area contributed by atoms with Crippen molar-refractivity contribution in [3.05, 3.63) is 71.6 Å². The minimum Gasteiger partial charge on any atom is -0.487 e. The normalized spacial score (nSPS) is 13.6. The molecular weight excluding hydrogens is 459 g/mol. The van der Waals surface area contributed by atoms with E-state index in [2.05, 4.69) is 16.2 Å². The van der Waals surface area contributed by atoms with Crippen molar-refractivity contribution in [2.24, 2.45) is 7.05 Å². The van der Waals surface area contributed by atoms with E-state index in [0.29, 0.717) is 34.3 Å². The second kappa shape index (κ2) is 9.74. The Kier molecular flexibility index (Phi) is 6.34. The quantitative estimate of drug-likeness (QED) is 0.361. The predicted molar refractivity (Wildman–Crippen MR) is 133 cm³/mol. The van der Waals surface area contributed by atoms with E-state index in [1.165, 1.54) is 12.1 Å². The molecule has 36 heavy (non-hydrogen) atoms. The van der Waals surface area contributed by atoms with Crippen LogP contribution in [0, 0.1) is 24.1 Å². The zero-order valence-electron chi connectivity index (χ0n) is 20.2. The van der Waals surface area contributed by atoms with Gasteiger partial charge in [-0.2, -0.15) is 10.4 Å². The average molecular weight is 487 g/mol. The summed E-state index contributed by atoms with van der Waals surface area (Å²) in [5.41, 5.74) is 8.84. The Morgan fingerprint density at radius 1 is 1.11 bits per heavy atom. The number of aromatic nitrogens is 4. The minimum absolute atomic E-state index is 0.236. The second-order valence-electron chi connectivity index (χ2n) is 9.00. The highest BCUT2D eigenvalue weighted by Crippen LogP contribution is 2.36. The van der Waals surface area contributed by atoms with Crippen LogP contribution in [0.2, 0.25) is 0 Å². The number of imidazole rings is 1. The number of anilines is 1. The SMILES string of the molecule is Cc1ncc(COc2cc(F)cc(Oc3ccc(-c4nn(C5CCCC5)c(N)c4C#N)cc3)c2)n1C. The van der Waals surface area contributed by atoms with Crippen LogP contribution in [-0.4, -0.2) is 19.3 Å². The van der Waals surface area contributed by atoms with Crippen LogP contribution in [0.3, 0.4) is 0 Å². The molecule has 0 unspecified atom stereocenters. The molecule has 0 radical (unpaired) electrons. The first-order chi connectivity index (χ1) is 17.4. The van der Waals surface area contributed by atoms with Crippen LogP contribution in [0.15, 0.2) is 48.7 Å². The molecule has 1 aliphatic carbocycles. The van der Waals surface area contributed by atoms with Crippen LogP contribution in [0.1, 0.15) is 48.8 Å². The van der Waals surface area contributed by atoms with Gasteiger partial charge in [-0.25, -0.2) is 14.1 Å². The standard InChI is InChI=1S/C27H27FN6O2/c1-17-31-15-21(33(17)2)16-35-23-11-19(28)12-24(13-23)36-22-9-7-18(8-10-22)26-25(14-29)27(30)34(32-26)20-5-3-4-6-20/h7-13,15,20H,3-6,16,30H2,1-2H3. The summed E-state index contributed by atoms with van der Waals surface area (Å²) in [7, 11) is 1.90. The molecule has 0 bridgehead atoms. The van der Waals surface area contributed by atoms with Crippen LogP contribution < -0.4 is 15.2 Å². The summed E-state index contributed by atoms with van der Waals surface area (Å²) in [6.45, 7) is 2.16. The molecule has 5 rings (SSSR count). The molecule has 0 saturated heterocycles. The van der Waals surface area contributed by atoms with Crippen molar-refractivity contribution in [2.75, 3.05) is 5.73 Å². The summed E-state index contributed by atoms with van der Waals surface area (Å²) in [5, 5.41) is 14.4. The molecule has 2 heterocycles. The number of nitrogen functional groups attached to an aromatic ring is 1. The Morgan fingerprint density at radius 2 is 1.83 bits per heavy atom. The summed E-state index contributed by atoms with van der Waals surface area (Å²) in [6, 6.07) is 13.8. The topological polar surface area (TPSA) is 104 Å². The number of aryl methyl sites for hydroxylation is 1. The van der Waals surface area contributed by atoms with Gasteiger partial charge in [0.05, 0.1) is 17.9 Å². The van der Waals surface area contributed by atoms with Crippen molar-refractivity contribution < 1.29 is 13.9 Å². The number of ether oxygens (including phenoxy) is 2. The van der Waals surface area contributed by atoms with E-state index in [-0.39, 0.29) is 12.6 Å². The van der Waals surface area contributed by atoms with E-state index in [9.17, 15) is 9.65 Å². The zero-order valence-corrected chi connectivity index (χ0v) is 20.2. The Labute approximate surface area is 208 Å². The van der Waals surface area contributed by atoms with Crippen molar-refractivity contribution in [2.45, 2.75) is 45.3 Å². The maximum Gasteiger partial charge on any atom is 0.140 e. The van der Waals surface area contributed by atoms with Crippen LogP contribution in [-0.2, 0) is 13.7 Å². The maximum absolute atomic E-state index is 14.2. The fraction of sp³-hybridized carbons (Fsp3) is 0.296. The van der Waals surface area contributed by atoms with E-state index in [1.807, 2.05) is 30.7 Å². The molecule has 0 atom stereocenters. The highest BCUT2D eigenvalue weighted by atomic mass is 19.1. The molecule has 2 aromatic heterocycles. The number of nitrogens with zero attached hydrogens (tertiary/aromatic N) is 5. The molecule has 1 fully saturated rings. The molecule has 1 aliphatic rings. The molecule has 2 aromatic carbocycles. The number of benzene rings is 2. The van der Waals surface area contributed by atoms with Crippen molar-refractivity contribution in [1.29, 1.82) is 5.26 Å². The van der Waals surface area contributed by atoms with Gasteiger partial charge in [0.15, 0.2) is 0 Å². The molecule has 2 N–H and O–H groups in total. The van der Waals surface area contributed by atoms with Crippen molar-refractivity contribution in [3.8, 4) is 34.6 Å². The first kappa shape index (κ1) is 23.4. The third kappa shape index (κ3) is 4.62. The number of nitrogens with two attached hydrogens (primary N) is 1. The smallest absolute Gasteiger partial charge is 0.140 e. The molecular formula is C27H27FN6O2. The molecule has 0 amide bonds. The van der Waals surface area contributed by atoms with Crippen molar-refractivity contribution in [3.63, 3.8) is 0 Å². The maximum atomic E-state index is 14.2. The van der Waals surface area contributed by atoms with Gasteiger partial charge >= 0.3 is 0 Å². The molecule has 8 nitrogen and oxygen atoms in total. The van der Waals surface area contributed by atoms with E-state index in [1.54, 1.807) is 29.1 Å². The highest BCUT2D eigenvalue weighted by Gasteiger charge is 2.24. The average Bonchev–Trinajstić information content (AvgIpc) is 3.58. The number of rotatable bonds is 7. The fourth-order valence-corrected chi connectivity index (χ4v) is 4.52. The van der Waals surface area contributed by atoms with E-state index in [4.69, 9.17) is 15.2 Å². The summed E-state index contributed by atoms with van der Waals surface area (Å²) >= 11 is 0. The van der Waals surface area contributed by atoms with E-state index >= 15 is 0 Å². The summed E-state index contributed by atoms with van der Waals surface area (Å²) in [6.07, 6.45) is 6.05. The zero-order chi connectivity index (χ0) is 25.2. The van der Waals surface area contributed by atoms with Gasteiger partial charge in [0.2, 0.25) is 0 Å². The van der Waals surface area contributed by atoms with E-state index < -0.39 is 5.82 Å². The Morgan fingerprint density at radius 3 is 2.50 bits per heavy atom. The van der Waals surface area contributed by atoms with Crippen LogP contribution in [0.5, 0.6) is 17.2 Å². The van der Waals surface area contributed by atoms with Gasteiger partial charge in [-0.15, -0.1) is 0 Å². The monoisotopic (exact) mass is 486 g/mol. The fourth-order valence-electron chi connectivity index (χ4n) is 4.52. The Hall–Kier alpha value is -4.32. The number of hydrogen-bond acceptors (Lipinski definition) is 6. The second-order valence-corrected chi connectivity index (χ2v) is 9.00. The van der Waals surface area contributed by atoms with Gasteiger partial charge in [-0.1, -0.05) is 12.8 Å². The minimum atomic E-state index is -0.466. The third-order valence-electron chi connectivity index (χ3n) is 6.64. The Bertz CT molecular complexity index is 1430. The van der Waals surface area contributed by atoms with Crippen LogP contribution >= 0.6 is 0 Å². The van der Waals surface area contributed by atoms with Gasteiger partial charge < -0.3 is 19.8 Å². The van der Waals surface area contributed by atoms with Gasteiger partial charge in [-0.3, -0.25) is 0 Å². The molecule has 9 heteroatoms. The van der Waals surface area contributed by atoms with Crippen LogP contribution in [0.25, 0.3) is 11.3 Å². The first-order valence-electron chi connectivity index (χ1n) is 11.9.